The first-order chi connectivity index (χ1) is 8.83. The maximum atomic E-state index is 6.12. The molecule has 0 amide bonds. The van der Waals surface area contributed by atoms with Gasteiger partial charge in [0.1, 0.15) is 0 Å². The maximum Gasteiger partial charge on any atom is 0.0584 e. The van der Waals surface area contributed by atoms with Crippen LogP contribution in [0.15, 0.2) is 42.7 Å². The van der Waals surface area contributed by atoms with E-state index in [0.29, 0.717) is 0 Å². The molecule has 0 bridgehead atoms. The normalized spacial score (nSPS) is 18.7. The Labute approximate surface area is 107 Å². The van der Waals surface area contributed by atoms with Crippen molar-refractivity contribution in [3.63, 3.8) is 0 Å². The van der Waals surface area contributed by atoms with Gasteiger partial charge in [0.25, 0.3) is 0 Å². The minimum absolute atomic E-state index is 0.234. The summed E-state index contributed by atoms with van der Waals surface area (Å²) in [6.07, 6.45) is 4.79. The van der Waals surface area contributed by atoms with Crippen LogP contribution in [0.4, 0.5) is 5.69 Å². The van der Waals surface area contributed by atoms with Crippen LogP contribution >= 0.6 is 0 Å². The molecule has 94 valence electrons. The molecule has 0 aliphatic carbocycles. The minimum atomic E-state index is 0.234. The van der Waals surface area contributed by atoms with E-state index in [1.807, 2.05) is 23.1 Å². The number of aromatic nitrogens is 2. The first kappa shape index (κ1) is 11.3. The molecule has 3 rings (SSSR count). The molecule has 0 saturated carbocycles. The van der Waals surface area contributed by atoms with Crippen molar-refractivity contribution < 1.29 is 0 Å². The number of fused-ring (bicyclic) bond motifs is 1. The lowest BCUT2D eigenvalue weighted by Gasteiger charge is -2.34. The van der Waals surface area contributed by atoms with Crippen LogP contribution in [0.25, 0.3) is 0 Å². The van der Waals surface area contributed by atoms with E-state index in [2.05, 4.69) is 34.3 Å². The summed E-state index contributed by atoms with van der Waals surface area (Å²) in [5, 5.41) is 4.23. The van der Waals surface area contributed by atoms with Crippen LogP contribution in [0.1, 0.15) is 5.56 Å². The van der Waals surface area contributed by atoms with E-state index in [-0.39, 0.29) is 6.04 Å². The standard InChI is InChI=1S/C14H18N4/c15-13-10-12-4-1-2-5-14(12)17(11-13)8-9-18-7-3-6-16-18/h1-7,13H,8-11,15H2. The van der Waals surface area contributed by atoms with Crippen LogP contribution in [0, 0.1) is 0 Å². The van der Waals surface area contributed by atoms with Crippen molar-refractivity contribution in [3.05, 3.63) is 48.3 Å². The zero-order chi connectivity index (χ0) is 12.4. The quantitative estimate of drug-likeness (QED) is 0.881. The van der Waals surface area contributed by atoms with Crippen molar-refractivity contribution in [3.8, 4) is 0 Å². The molecule has 4 nitrogen and oxygen atoms in total. The highest BCUT2D eigenvalue weighted by Gasteiger charge is 2.21. The summed E-state index contributed by atoms with van der Waals surface area (Å²) >= 11 is 0. The summed E-state index contributed by atoms with van der Waals surface area (Å²) < 4.78 is 1.96. The van der Waals surface area contributed by atoms with Crippen molar-refractivity contribution in [2.75, 3.05) is 18.0 Å². The van der Waals surface area contributed by atoms with Gasteiger partial charge in [-0.1, -0.05) is 18.2 Å². The van der Waals surface area contributed by atoms with Gasteiger partial charge in [0.05, 0.1) is 6.54 Å². The molecule has 1 aliphatic rings. The summed E-state index contributed by atoms with van der Waals surface area (Å²) in [5.41, 5.74) is 8.81. The zero-order valence-electron chi connectivity index (χ0n) is 10.4. The third kappa shape index (κ3) is 2.24. The van der Waals surface area contributed by atoms with E-state index in [0.717, 1.165) is 26.1 Å². The number of benzene rings is 1. The average molecular weight is 242 g/mol. The number of para-hydroxylation sites is 1. The topological polar surface area (TPSA) is 47.1 Å². The van der Waals surface area contributed by atoms with Crippen molar-refractivity contribution in [1.29, 1.82) is 0 Å². The van der Waals surface area contributed by atoms with Crippen molar-refractivity contribution in [1.82, 2.24) is 9.78 Å². The van der Waals surface area contributed by atoms with Gasteiger partial charge in [-0.15, -0.1) is 0 Å². The Morgan fingerprint density at radius 1 is 1.22 bits per heavy atom. The Hall–Kier alpha value is -1.81. The van der Waals surface area contributed by atoms with E-state index < -0.39 is 0 Å². The van der Waals surface area contributed by atoms with E-state index >= 15 is 0 Å². The van der Waals surface area contributed by atoms with Gasteiger partial charge in [-0.3, -0.25) is 4.68 Å². The third-order valence-electron chi connectivity index (χ3n) is 3.43. The molecule has 1 unspecified atom stereocenters. The van der Waals surface area contributed by atoms with Gasteiger partial charge in [-0.2, -0.15) is 5.10 Å². The van der Waals surface area contributed by atoms with Crippen LogP contribution in [-0.4, -0.2) is 28.9 Å². The molecule has 4 heteroatoms. The first-order valence-corrected chi connectivity index (χ1v) is 6.39. The lowest BCUT2D eigenvalue weighted by atomic mass is 9.98. The molecule has 1 aliphatic heterocycles. The molecule has 1 aromatic carbocycles. The second kappa shape index (κ2) is 4.82. The number of anilines is 1. The van der Waals surface area contributed by atoms with Gasteiger partial charge >= 0.3 is 0 Å². The predicted molar refractivity (Wildman–Crippen MR) is 72.6 cm³/mol. The highest BCUT2D eigenvalue weighted by molar-refractivity contribution is 5.56. The lowest BCUT2D eigenvalue weighted by molar-refractivity contribution is 0.549. The fourth-order valence-corrected chi connectivity index (χ4v) is 2.59. The van der Waals surface area contributed by atoms with Gasteiger partial charge < -0.3 is 10.6 Å². The number of hydrogen-bond acceptors (Lipinski definition) is 3. The second-order valence-corrected chi connectivity index (χ2v) is 4.81. The molecule has 0 fully saturated rings. The van der Waals surface area contributed by atoms with E-state index in [9.17, 15) is 0 Å². The summed E-state index contributed by atoms with van der Waals surface area (Å²) in [6, 6.07) is 10.7. The average Bonchev–Trinajstić information content (AvgIpc) is 2.89. The van der Waals surface area contributed by atoms with E-state index in [1.165, 1.54) is 11.3 Å². The summed E-state index contributed by atoms with van der Waals surface area (Å²) in [5.74, 6) is 0. The summed E-state index contributed by atoms with van der Waals surface area (Å²) in [6.45, 7) is 2.78. The smallest absolute Gasteiger partial charge is 0.0584 e. The monoisotopic (exact) mass is 242 g/mol. The molecule has 18 heavy (non-hydrogen) atoms. The Morgan fingerprint density at radius 2 is 2.11 bits per heavy atom. The van der Waals surface area contributed by atoms with Crippen LogP contribution in [0.2, 0.25) is 0 Å². The van der Waals surface area contributed by atoms with Crippen molar-refractivity contribution in [2.24, 2.45) is 5.73 Å². The van der Waals surface area contributed by atoms with Gasteiger partial charge in [-0.05, 0) is 24.1 Å². The van der Waals surface area contributed by atoms with Gasteiger partial charge in [0, 0.05) is 37.2 Å². The SMILES string of the molecule is NC1Cc2ccccc2N(CCn2cccn2)C1. The number of rotatable bonds is 3. The van der Waals surface area contributed by atoms with Crippen LogP contribution in [0.3, 0.4) is 0 Å². The molecule has 0 radical (unpaired) electrons. The van der Waals surface area contributed by atoms with Crippen LogP contribution < -0.4 is 10.6 Å². The van der Waals surface area contributed by atoms with Gasteiger partial charge in [0.15, 0.2) is 0 Å². The lowest BCUT2D eigenvalue weighted by Crippen LogP contribution is -2.44. The molecule has 1 aromatic heterocycles. The molecule has 2 N–H and O–H groups in total. The molecule has 0 saturated heterocycles. The molecule has 0 spiro atoms. The Kier molecular flexibility index (Phi) is 3.02. The summed E-state index contributed by atoms with van der Waals surface area (Å²) in [4.78, 5) is 2.37. The molecule has 1 atom stereocenters. The Morgan fingerprint density at radius 3 is 2.94 bits per heavy atom. The van der Waals surface area contributed by atoms with Gasteiger partial charge in [-0.25, -0.2) is 0 Å². The highest BCUT2D eigenvalue weighted by atomic mass is 15.3. The molecule has 2 aromatic rings. The molecular formula is C14H18N4. The first-order valence-electron chi connectivity index (χ1n) is 6.39. The van der Waals surface area contributed by atoms with Crippen LogP contribution in [-0.2, 0) is 13.0 Å². The Balaban J connectivity index is 1.76. The highest BCUT2D eigenvalue weighted by Crippen LogP contribution is 2.25. The summed E-state index contributed by atoms with van der Waals surface area (Å²) in [7, 11) is 0. The number of nitrogens with zero attached hydrogens (tertiary/aromatic N) is 3. The minimum Gasteiger partial charge on any atom is -0.368 e. The Bertz CT molecular complexity index is 506. The molecule has 2 heterocycles. The predicted octanol–water partition coefficient (Wildman–Crippen LogP) is 1.27. The largest absolute Gasteiger partial charge is 0.368 e. The second-order valence-electron chi connectivity index (χ2n) is 4.81. The van der Waals surface area contributed by atoms with Crippen molar-refractivity contribution in [2.45, 2.75) is 19.0 Å². The molecular weight excluding hydrogens is 224 g/mol. The fraction of sp³-hybridized carbons (Fsp3) is 0.357. The van der Waals surface area contributed by atoms with Gasteiger partial charge in [0.2, 0.25) is 0 Å². The van der Waals surface area contributed by atoms with Crippen molar-refractivity contribution >= 4 is 5.69 Å². The third-order valence-corrected chi connectivity index (χ3v) is 3.43. The van der Waals surface area contributed by atoms with E-state index in [1.54, 1.807) is 0 Å². The van der Waals surface area contributed by atoms with Crippen LogP contribution in [0.5, 0.6) is 0 Å². The number of hydrogen-bond donors (Lipinski definition) is 1. The fourth-order valence-electron chi connectivity index (χ4n) is 2.59. The zero-order valence-corrected chi connectivity index (χ0v) is 10.4. The number of nitrogens with two attached hydrogens (primary N) is 1. The maximum absolute atomic E-state index is 6.12. The van der Waals surface area contributed by atoms with E-state index in [4.69, 9.17) is 5.73 Å².